The van der Waals surface area contributed by atoms with Crippen LogP contribution in [0.5, 0.6) is 0 Å². The van der Waals surface area contributed by atoms with Crippen molar-refractivity contribution in [1.82, 2.24) is 4.98 Å². The SMILES string of the molecule is COC(=O)c1c(Cl)cncc1Br. The number of hydrogen-bond acceptors (Lipinski definition) is 3. The third kappa shape index (κ3) is 1.76. The molecule has 0 aliphatic carbocycles. The lowest BCUT2D eigenvalue weighted by Crippen LogP contribution is -2.03. The highest BCUT2D eigenvalue weighted by Gasteiger charge is 2.14. The van der Waals surface area contributed by atoms with Gasteiger partial charge in [-0.15, -0.1) is 0 Å². The van der Waals surface area contributed by atoms with Crippen LogP contribution in [0.25, 0.3) is 0 Å². The predicted molar refractivity (Wildman–Crippen MR) is 48.3 cm³/mol. The van der Waals surface area contributed by atoms with Crippen LogP contribution < -0.4 is 0 Å². The highest BCUT2D eigenvalue weighted by atomic mass is 79.9. The molecule has 0 aromatic carbocycles. The molecule has 1 aromatic heterocycles. The summed E-state index contributed by atoms with van der Waals surface area (Å²) in [6.07, 6.45) is 2.87. The Morgan fingerprint density at radius 2 is 2.33 bits per heavy atom. The molecule has 0 saturated carbocycles. The monoisotopic (exact) mass is 249 g/mol. The number of carbonyl (C=O) groups excluding carboxylic acids is 1. The minimum Gasteiger partial charge on any atom is -0.465 e. The summed E-state index contributed by atoms with van der Waals surface area (Å²) in [6, 6.07) is 0. The Morgan fingerprint density at radius 3 is 2.83 bits per heavy atom. The molecular weight excluding hydrogens is 245 g/mol. The number of esters is 1. The van der Waals surface area contributed by atoms with Crippen molar-refractivity contribution in [2.75, 3.05) is 7.11 Å². The minimum atomic E-state index is -0.478. The Kier molecular flexibility index (Phi) is 3.05. The quantitative estimate of drug-likeness (QED) is 0.718. The average molecular weight is 250 g/mol. The maximum atomic E-state index is 11.1. The van der Waals surface area contributed by atoms with Crippen LogP contribution in [0.3, 0.4) is 0 Å². The van der Waals surface area contributed by atoms with E-state index < -0.39 is 5.97 Å². The van der Waals surface area contributed by atoms with Crippen LogP contribution >= 0.6 is 27.5 Å². The number of nitrogens with zero attached hydrogens (tertiary/aromatic N) is 1. The van der Waals surface area contributed by atoms with Gasteiger partial charge in [-0.25, -0.2) is 4.79 Å². The average Bonchev–Trinajstić information content (AvgIpc) is 2.03. The van der Waals surface area contributed by atoms with Crippen LogP contribution in [-0.4, -0.2) is 18.1 Å². The molecule has 12 heavy (non-hydrogen) atoms. The Labute approximate surface area is 82.8 Å². The largest absolute Gasteiger partial charge is 0.465 e. The summed E-state index contributed by atoms with van der Waals surface area (Å²) >= 11 is 8.85. The number of ether oxygens (including phenoxy) is 1. The first-order valence-corrected chi connectivity index (χ1v) is 4.21. The highest BCUT2D eigenvalue weighted by molar-refractivity contribution is 9.10. The molecule has 64 valence electrons. The molecule has 1 aromatic rings. The maximum absolute atomic E-state index is 11.1. The topological polar surface area (TPSA) is 39.2 Å². The van der Waals surface area contributed by atoms with Gasteiger partial charge in [0.1, 0.15) is 0 Å². The van der Waals surface area contributed by atoms with Crippen LogP contribution in [-0.2, 0) is 4.74 Å². The lowest BCUT2D eigenvalue weighted by atomic mass is 10.3. The van der Waals surface area contributed by atoms with Crippen molar-refractivity contribution in [1.29, 1.82) is 0 Å². The van der Waals surface area contributed by atoms with Crippen LogP contribution in [0, 0.1) is 0 Å². The maximum Gasteiger partial charge on any atom is 0.340 e. The standard InChI is InChI=1S/C7H5BrClNO2/c1-12-7(11)6-4(8)2-10-3-5(6)9/h2-3H,1H3. The molecule has 0 unspecified atom stereocenters. The van der Waals surface area contributed by atoms with Gasteiger partial charge in [-0.2, -0.15) is 0 Å². The van der Waals surface area contributed by atoms with Crippen molar-refractivity contribution in [2.24, 2.45) is 0 Å². The summed E-state index contributed by atoms with van der Waals surface area (Å²) in [5.74, 6) is -0.478. The van der Waals surface area contributed by atoms with Crippen molar-refractivity contribution in [3.8, 4) is 0 Å². The number of carbonyl (C=O) groups is 1. The highest BCUT2D eigenvalue weighted by Crippen LogP contribution is 2.23. The number of rotatable bonds is 1. The Hall–Kier alpha value is -0.610. The van der Waals surface area contributed by atoms with E-state index in [0.29, 0.717) is 10.0 Å². The number of aromatic nitrogens is 1. The van der Waals surface area contributed by atoms with E-state index in [0.717, 1.165) is 0 Å². The van der Waals surface area contributed by atoms with E-state index in [1.807, 2.05) is 0 Å². The van der Waals surface area contributed by atoms with Gasteiger partial charge < -0.3 is 4.74 Å². The first-order valence-electron chi connectivity index (χ1n) is 3.04. The van der Waals surface area contributed by atoms with Gasteiger partial charge in [-0.05, 0) is 15.9 Å². The van der Waals surface area contributed by atoms with Gasteiger partial charge in [0.25, 0.3) is 0 Å². The molecule has 1 heterocycles. The molecule has 0 aliphatic rings. The summed E-state index contributed by atoms with van der Waals surface area (Å²) in [5.41, 5.74) is 0.300. The fraction of sp³-hybridized carbons (Fsp3) is 0.143. The molecule has 5 heteroatoms. The van der Waals surface area contributed by atoms with Crippen molar-refractivity contribution in [2.45, 2.75) is 0 Å². The zero-order valence-corrected chi connectivity index (χ0v) is 8.52. The lowest BCUT2D eigenvalue weighted by molar-refractivity contribution is 0.0600. The molecule has 1 rings (SSSR count). The summed E-state index contributed by atoms with van der Waals surface area (Å²) in [7, 11) is 1.30. The molecule has 0 N–H and O–H groups in total. The van der Waals surface area contributed by atoms with Crippen LogP contribution in [0.1, 0.15) is 10.4 Å². The molecule has 0 spiro atoms. The molecule has 0 bridgehead atoms. The Bertz CT molecular complexity index is 296. The molecule has 0 radical (unpaired) electrons. The fourth-order valence-corrected chi connectivity index (χ4v) is 1.55. The second kappa shape index (κ2) is 3.87. The minimum absolute atomic E-state index is 0.274. The first-order chi connectivity index (χ1) is 5.66. The smallest absolute Gasteiger partial charge is 0.340 e. The molecule has 0 saturated heterocycles. The molecular formula is C7H5BrClNO2. The van der Waals surface area contributed by atoms with E-state index in [4.69, 9.17) is 11.6 Å². The second-order valence-electron chi connectivity index (χ2n) is 1.97. The third-order valence-electron chi connectivity index (χ3n) is 1.24. The summed E-state index contributed by atoms with van der Waals surface area (Å²) in [5, 5.41) is 0.274. The summed E-state index contributed by atoms with van der Waals surface area (Å²) in [4.78, 5) is 14.9. The zero-order chi connectivity index (χ0) is 9.14. The molecule has 0 fully saturated rings. The number of pyridine rings is 1. The van der Waals surface area contributed by atoms with Crippen LogP contribution in [0.2, 0.25) is 5.02 Å². The van der Waals surface area contributed by atoms with E-state index in [1.54, 1.807) is 0 Å². The molecule has 3 nitrogen and oxygen atoms in total. The van der Waals surface area contributed by atoms with Gasteiger partial charge in [-0.3, -0.25) is 4.98 Å². The van der Waals surface area contributed by atoms with Gasteiger partial charge in [0.15, 0.2) is 0 Å². The Balaban J connectivity index is 3.21. The van der Waals surface area contributed by atoms with Gasteiger partial charge >= 0.3 is 5.97 Å². The zero-order valence-electron chi connectivity index (χ0n) is 6.17. The van der Waals surface area contributed by atoms with Gasteiger partial charge in [-0.1, -0.05) is 11.6 Å². The van der Waals surface area contributed by atoms with Crippen molar-refractivity contribution in [3.63, 3.8) is 0 Å². The van der Waals surface area contributed by atoms with E-state index in [1.165, 1.54) is 19.5 Å². The fourth-order valence-electron chi connectivity index (χ4n) is 0.708. The first kappa shape index (κ1) is 9.48. The number of halogens is 2. The van der Waals surface area contributed by atoms with Gasteiger partial charge in [0, 0.05) is 12.4 Å². The van der Waals surface area contributed by atoms with E-state index in [2.05, 4.69) is 25.7 Å². The number of hydrogen-bond donors (Lipinski definition) is 0. The Morgan fingerprint density at radius 1 is 1.67 bits per heavy atom. The van der Waals surface area contributed by atoms with Gasteiger partial charge in [0.05, 0.1) is 22.2 Å². The summed E-state index contributed by atoms with van der Waals surface area (Å²) in [6.45, 7) is 0. The van der Waals surface area contributed by atoms with E-state index in [-0.39, 0.29) is 5.02 Å². The predicted octanol–water partition coefficient (Wildman–Crippen LogP) is 2.28. The molecule has 0 atom stereocenters. The van der Waals surface area contributed by atoms with Crippen LogP contribution in [0.15, 0.2) is 16.9 Å². The van der Waals surface area contributed by atoms with Crippen molar-refractivity contribution in [3.05, 3.63) is 27.5 Å². The van der Waals surface area contributed by atoms with Crippen molar-refractivity contribution < 1.29 is 9.53 Å². The van der Waals surface area contributed by atoms with Crippen LogP contribution in [0.4, 0.5) is 0 Å². The lowest BCUT2D eigenvalue weighted by Gasteiger charge is -2.02. The number of methoxy groups -OCH3 is 1. The normalized spacial score (nSPS) is 9.58. The van der Waals surface area contributed by atoms with E-state index in [9.17, 15) is 4.79 Å². The summed E-state index contributed by atoms with van der Waals surface area (Å²) < 4.78 is 5.05. The second-order valence-corrected chi connectivity index (χ2v) is 3.23. The van der Waals surface area contributed by atoms with Crippen molar-refractivity contribution >= 4 is 33.5 Å². The molecule has 0 amide bonds. The van der Waals surface area contributed by atoms with E-state index >= 15 is 0 Å². The van der Waals surface area contributed by atoms with Gasteiger partial charge in [0.2, 0.25) is 0 Å². The molecule has 0 aliphatic heterocycles. The third-order valence-corrected chi connectivity index (χ3v) is 2.13.